The summed E-state index contributed by atoms with van der Waals surface area (Å²) in [5, 5.41) is -0.830. The molecule has 0 aliphatic rings. The molecule has 15 heavy (non-hydrogen) atoms. The Labute approximate surface area is 89.4 Å². The third-order valence-electron chi connectivity index (χ3n) is 2.28. The van der Waals surface area contributed by atoms with Crippen LogP contribution in [0.4, 0.5) is 4.39 Å². The molecule has 0 heterocycles. The number of hydrogen-bond donors (Lipinski definition) is 1. The van der Waals surface area contributed by atoms with Crippen molar-refractivity contribution in [1.29, 1.82) is 0 Å². The van der Waals surface area contributed by atoms with Gasteiger partial charge in [-0.15, -0.1) is 0 Å². The van der Waals surface area contributed by atoms with E-state index in [1.165, 1.54) is 25.2 Å². The summed E-state index contributed by atoms with van der Waals surface area (Å²) in [5.74, 6) is -0.483. The highest BCUT2D eigenvalue weighted by Crippen LogP contribution is 2.26. The minimum Gasteiger partial charge on any atom is -0.218 e. The van der Waals surface area contributed by atoms with Crippen LogP contribution < -0.4 is 4.72 Å². The van der Waals surface area contributed by atoms with E-state index in [2.05, 4.69) is 4.72 Å². The van der Waals surface area contributed by atoms with E-state index in [0.717, 1.165) is 0 Å². The summed E-state index contributed by atoms with van der Waals surface area (Å²) in [7, 11) is -2.14. The van der Waals surface area contributed by atoms with Crippen molar-refractivity contribution in [3.8, 4) is 0 Å². The van der Waals surface area contributed by atoms with Crippen LogP contribution in [0.1, 0.15) is 24.2 Å². The molecule has 0 aromatic heterocycles. The molecule has 0 aliphatic heterocycles. The smallest absolute Gasteiger partial charge is 0.218 e. The van der Waals surface area contributed by atoms with Gasteiger partial charge in [-0.05, 0) is 19.5 Å². The summed E-state index contributed by atoms with van der Waals surface area (Å²) in [6, 6.07) is 5.94. The summed E-state index contributed by atoms with van der Waals surface area (Å²) >= 11 is 0. The molecule has 84 valence electrons. The minimum absolute atomic E-state index is 0.217. The molecule has 0 bridgehead atoms. The topological polar surface area (TPSA) is 46.2 Å². The van der Waals surface area contributed by atoms with Crippen molar-refractivity contribution >= 4 is 10.0 Å². The molecular formula is C10H14FNO2S. The van der Waals surface area contributed by atoms with E-state index in [1.807, 2.05) is 0 Å². The number of rotatable bonds is 4. The first-order valence-corrected chi connectivity index (χ1v) is 6.24. The van der Waals surface area contributed by atoms with Gasteiger partial charge < -0.3 is 0 Å². The molecule has 0 aliphatic carbocycles. The number of hydrogen-bond acceptors (Lipinski definition) is 2. The lowest BCUT2D eigenvalue weighted by atomic mass is 10.1. The Morgan fingerprint density at radius 3 is 2.47 bits per heavy atom. The van der Waals surface area contributed by atoms with Crippen LogP contribution in [0.3, 0.4) is 0 Å². The highest BCUT2D eigenvalue weighted by molar-refractivity contribution is 7.89. The number of nitrogens with one attached hydrogen (secondary N) is 1. The lowest BCUT2D eigenvalue weighted by molar-refractivity contribution is 0.557. The average molecular weight is 231 g/mol. The molecule has 3 nitrogen and oxygen atoms in total. The molecule has 1 atom stereocenters. The van der Waals surface area contributed by atoms with Gasteiger partial charge in [0.05, 0.1) is 0 Å². The van der Waals surface area contributed by atoms with E-state index >= 15 is 0 Å². The van der Waals surface area contributed by atoms with E-state index in [-0.39, 0.29) is 5.56 Å². The standard InChI is InChI=1S/C10H14FNO2S/c1-3-10(15(13,14)12-2)8-6-4-5-7-9(8)11/h4-7,10,12H,3H2,1-2H3. The van der Waals surface area contributed by atoms with Crippen LogP contribution in [0.25, 0.3) is 0 Å². The largest absolute Gasteiger partial charge is 0.218 e. The third kappa shape index (κ3) is 2.54. The predicted octanol–water partition coefficient (Wildman–Crippen LogP) is 1.83. The molecule has 0 amide bonds. The van der Waals surface area contributed by atoms with Crippen molar-refractivity contribution in [2.24, 2.45) is 0 Å². The average Bonchev–Trinajstić information content (AvgIpc) is 2.21. The fraction of sp³-hybridized carbons (Fsp3) is 0.400. The van der Waals surface area contributed by atoms with Crippen molar-refractivity contribution in [2.45, 2.75) is 18.6 Å². The number of benzene rings is 1. The van der Waals surface area contributed by atoms with Gasteiger partial charge >= 0.3 is 0 Å². The normalized spacial score (nSPS) is 13.8. The van der Waals surface area contributed by atoms with Crippen LogP contribution >= 0.6 is 0 Å². The molecule has 5 heteroatoms. The predicted molar refractivity (Wildman–Crippen MR) is 57.4 cm³/mol. The van der Waals surface area contributed by atoms with E-state index in [1.54, 1.807) is 13.0 Å². The van der Waals surface area contributed by atoms with Crippen LogP contribution in [0, 0.1) is 5.82 Å². The molecular weight excluding hydrogens is 217 g/mol. The molecule has 0 saturated carbocycles. The van der Waals surface area contributed by atoms with Gasteiger partial charge in [-0.1, -0.05) is 25.1 Å². The van der Waals surface area contributed by atoms with Gasteiger partial charge in [0.1, 0.15) is 11.1 Å². The lowest BCUT2D eigenvalue weighted by Crippen LogP contribution is -2.26. The molecule has 1 aromatic carbocycles. The van der Waals surface area contributed by atoms with Gasteiger partial charge in [-0.25, -0.2) is 17.5 Å². The molecule has 0 radical (unpaired) electrons. The van der Waals surface area contributed by atoms with Crippen molar-refractivity contribution in [2.75, 3.05) is 7.05 Å². The highest BCUT2D eigenvalue weighted by Gasteiger charge is 2.26. The van der Waals surface area contributed by atoms with Gasteiger partial charge in [0.25, 0.3) is 0 Å². The maximum atomic E-state index is 13.4. The van der Waals surface area contributed by atoms with Gasteiger partial charge in [-0.2, -0.15) is 0 Å². The molecule has 0 saturated heterocycles. The van der Waals surface area contributed by atoms with Crippen LogP contribution in [0.2, 0.25) is 0 Å². The zero-order valence-electron chi connectivity index (χ0n) is 8.70. The van der Waals surface area contributed by atoms with Crippen LogP contribution in [-0.4, -0.2) is 15.5 Å². The Hall–Kier alpha value is -0.940. The Balaban J connectivity index is 3.20. The van der Waals surface area contributed by atoms with E-state index < -0.39 is 21.1 Å². The van der Waals surface area contributed by atoms with E-state index in [0.29, 0.717) is 6.42 Å². The van der Waals surface area contributed by atoms with Crippen LogP contribution in [0.5, 0.6) is 0 Å². The monoisotopic (exact) mass is 231 g/mol. The Bertz CT molecular complexity index is 431. The van der Waals surface area contributed by atoms with E-state index in [9.17, 15) is 12.8 Å². The van der Waals surface area contributed by atoms with Crippen molar-refractivity contribution < 1.29 is 12.8 Å². The summed E-state index contributed by atoms with van der Waals surface area (Å²) in [4.78, 5) is 0. The molecule has 1 N–H and O–H groups in total. The van der Waals surface area contributed by atoms with Gasteiger partial charge in [0, 0.05) is 5.56 Å². The molecule has 1 unspecified atom stereocenters. The van der Waals surface area contributed by atoms with Crippen molar-refractivity contribution in [1.82, 2.24) is 4.72 Å². The summed E-state index contributed by atoms with van der Waals surface area (Å²) in [6.45, 7) is 1.71. The maximum Gasteiger partial charge on any atom is 0.218 e. The second-order valence-electron chi connectivity index (χ2n) is 3.17. The minimum atomic E-state index is -3.48. The van der Waals surface area contributed by atoms with Crippen LogP contribution in [-0.2, 0) is 10.0 Å². The van der Waals surface area contributed by atoms with Crippen molar-refractivity contribution in [3.63, 3.8) is 0 Å². The van der Waals surface area contributed by atoms with Gasteiger partial charge in [0.15, 0.2) is 0 Å². The van der Waals surface area contributed by atoms with Crippen molar-refractivity contribution in [3.05, 3.63) is 35.6 Å². The first-order chi connectivity index (χ1) is 7.03. The SMILES string of the molecule is CCC(c1ccccc1F)S(=O)(=O)NC. The fourth-order valence-electron chi connectivity index (χ4n) is 1.48. The molecule has 1 aromatic rings. The first-order valence-electron chi connectivity index (χ1n) is 4.69. The molecule has 0 spiro atoms. The fourth-order valence-corrected chi connectivity index (χ4v) is 2.73. The van der Waals surface area contributed by atoms with Crippen LogP contribution in [0.15, 0.2) is 24.3 Å². The summed E-state index contributed by atoms with van der Waals surface area (Å²) in [6.07, 6.45) is 0.337. The summed E-state index contributed by atoms with van der Waals surface area (Å²) in [5.41, 5.74) is 0.217. The van der Waals surface area contributed by atoms with E-state index in [4.69, 9.17) is 0 Å². The molecule has 0 fully saturated rings. The molecule has 1 rings (SSSR count). The number of sulfonamides is 1. The third-order valence-corrected chi connectivity index (χ3v) is 4.19. The zero-order chi connectivity index (χ0) is 11.5. The lowest BCUT2D eigenvalue weighted by Gasteiger charge is -2.15. The van der Waals surface area contributed by atoms with Gasteiger partial charge in [0.2, 0.25) is 10.0 Å². The Morgan fingerprint density at radius 2 is 2.00 bits per heavy atom. The second-order valence-corrected chi connectivity index (χ2v) is 5.23. The second kappa shape index (κ2) is 4.72. The quantitative estimate of drug-likeness (QED) is 0.859. The Kier molecular flexibility index (Phi) is 3.82. The Morgan fingerprint density at radius 1 is 1.40 bits per heavy atom. The number of halogens is 1. The zero-order valence-corrected chi connectivity index (χ0v) is 9.51. The van der Waals surface area contributed by atoms with Gasteiger partial charge in [-0.3, -0.25) is 0 Å². The maximum absolute atomic E-state index is 13.4. The first kappa shape index (κ1) is 12.1. The summed E-state index contributed by atoms with van der Waals surface area (Å²) < 4.78 is 38.8. The highest BCUT2D eigenvalue weighted by atomic mass is 32.2.